The van der Waals surface area contributed by atoms with Crippen molar-refractivity contribution in [2.45, 2.75) is 129 Å². The molecule has 1 aliphatic heterocycles. The van der Waals surface area contributed by atoms with E-state index in [1.807, 2.05) is 5.06 Å². The standard InChI is InChI=1S/C23H45NO4/c1-4-5-6-7-8-9-10-11-12-13-14-16-21(17-15-18-22(25)26)28-24-20-27-19-23(24,2)3/h21H,4-20H2,1-3H3,(H,25,26). The molecule has 1 N–H and O–H groups in total. The van der Waals surface area contributed by atoms with Crippen LogP contribution in [-0.4, -0.2) is 41.1 Å². The van der Waals surface area contributed by atoms with Crippen LogP contribution < -0.4 is 0 Å². The Labute approximate surface area is 173 Å². The summed E-state index contributed by atoms with van der Waals surface area (Å²) in [6.07, 6.45) is 17.5. The number of hydroxylamine groups is 2. The molecule has 0 spiro atoms. The lowest BCUT2D eigenvalue weighted by atomic mass is 10.0. The molecule has 1 saturated heterocycles. The number of rotatable bonds is 18. The van der Waals surface area contributed by atoms with Crippen LogP contribution in [0.25, 0.3) is 0 Å². The minimum Gasteiger partial charge on any atom is -0.481 e. The van der Waals surface area contributed by atoms with E-state index in [1.54, 1.807) is 0 Å². The zero-order valence-corrected chi connectivity index (χ0v) is 18.7. The lowest BCUT2D eigenvalue weighted by molar-refractivity contribution is -0.238. The van der Waals surface area contributed by atoms with E-state index in [0.29, 0.717) is 19.8 Å². The van der Waals surface area contributed by atoms with Crippen LogP contribution in [0.3, 0.4) is 0 Å². The molecule has 0 aromatic heterocycles. The topological polar surface area (TPSA) is 59.0 Å². The fourth-order valence-electron chi connectivity index (χ4n) is 3.75. The van der Waals surface area contributed by atoms with Gasteiger partial charge in [0, 0.05) is 6.42 Å². The Hall–Kier alpha value is -0.650. The van der Waals surface area contributed by atoms with Crippen LogP contribution in [0.5, 0.6) is 0 Å². The third-order valence-electron chi connectivity index (χ3n) is 5.66. The van der Waals surface area contributed by atoms with Crippen LogP contribution in [0, 0.1) is 0 Å². The molecule has 1 aliphatic rings. The molecule has 166 valence electrons. The summed E-state index contributed by atoms with van der Waals surface area (Å²) in [5.74, 6) is -0.724. The van der Waals surface area contributed by atoms with Gasteiger partial charge in [-0.1, -0.05) is 77.6 Å². The first-order chi connectivity index (χ1) is 13.5. The molecule has 1 atom stereocenters. The van der Waals surface area contributed by atoms with Gasteiger partial charge in [-0.25, -0.2) is 0 Å². The second-order valence-electron chi connectivity index (χ2n) is 9.01. The zero-order valence-electron chi connectivity index (χ0n) is 18.7. The number of hydrogen-bond acceptors (Lipinski definition) is 4. The Morgan fingerprint density at radius 2 is 1.50 bits per heavy atom. The third kappa shape index (κ3) is 12.0. The summed E-state index contributed by atoms with van der Waals surface area (Å²) in [5.41, 5.74) is -0.109. The summed E-state index contributed by atoms with van der Waals surface area (Å²) < 4.78 is 5.53. The van der Waals surface area contributed by atoms with Gasteiger partial charge < -0.3 is 9.84 Å². The Kier molecular flexibility index (Phi) is 13.8. The second-order valence-corrected chi connectivity index (χ2v) is 9.01. The summed E-state index contributed by atoms with van der Waals surface area (Å²) in [7, 11) is 0. The molecule has 0 aromatic carbocycles. The largest absolute Gasteiger partial charge is 0.481 e. The first-order valence-electron chi connectivity index (χ1n) is 11.7. The molecule has 5 nitrogen and oxygen atoms in total. The average Bonchev–Trinajstić information content (AvgIpc) is 2.97. The van der Waals surface area contributed by atoms with Gasteiger partial charge in [0.25, 0.3) is 0 Å². The molecule has 0 bridgehead atoms. The first kappa shape index (κ1) is 25.4. The predicted octanol–water partition coefficient (Wildman–Crippen LogP) is 6.31. The van der Waals surface area contributed by atoms with Crippen LogP contribution in [0.15, 0.2) is 0 Å². The van der Waals surface area contributed by atoms with E-state index in [2.05, 4.69) is 20.8 Å². The number of hydrogen-bond donors (Lipinski definition) is 1. The molecule has 0 amide bonds. The highest BCUT2D eigenvalue weighted by Crippen LogP contribution is 2.25. The Morgan fingerprint density at radius 3 is 2.00 bits per heavy atom. The van der Waals surface area contributed by atoms with Gasteiger partial charge in [0.2, 0.25) is 0 Å². The monoisotopic (exact) mass is 399 g/mol. The minimum absolute atomic E-state index is 0.0962. The van der Waals surface area contributed by atoms with Gasteiger partial charge in [-0.2, -0.15) is 5.06 Å². The number of nitrogens with zero attached hydrogens (tertiary/aromatic N) is 1. The van der Waals surface area contributed by atoms with Crippen LogP contribution >= 0.6 is 0 Å². The molecule has 28 heavy (non-hydrogen) atoms. The second kappa shape index (κ2) is 15.2. The van der Waals surface area contributed by atoms with E-state index >= 15 is 0 Å². The Morgan fingerprint density at radius 1 is 0.964 bits per heavy atom. The number of carbonyl (C=O) groups is 1. The maximum Gasteiger partial charge on any atom is 0.303 e. The van der Waals surface area contributed by atoms with Crippen molar-refractivity contribution in [3.63, 3.8) is 0 Å². The minimum atomic E-state index is -0.724. The molecule has 5 heteroatoms. The number of unbranched alkanes of at least 4 members (excludes halogenated alkanes) is 10. The van der Waals surface area contributed by atoms with Gasteiger partial charge in [-0.3, -0.25) is 9.63 Å². The molecule has 1 fully saturated rings. The lowest BCUT2D eigenvalue weighted by Crippen LogP contribution is -2.42. The molecule has 1 unspecified atom stereocenters. The van der Waals surface area contributed by atoms with Crippen LogP contribution in [-0.2, 0) is 14.4 Å². The van der Waals surface area contributed by atoms with Gasteiger partial charge in [-0.05, 0) is 33.1 Å². The quantitative estimate of drug-likeness (QED) is 0.274. The van der Waals surface area contributed by atoms with Gasteiger partial charge in [0.05, 0.1) is 18.2 Å². The smallest absolute Gasteiger partial charge is 0.303 e. The summed E-state index contributed by atoms with van der Waals surface area (Å²) >= 11 is 0. The highest BCUT2D eigenvalue weighted by Gasteiger charge is 2.35. The van der Waals surface area contributed by atoms with Crippen molar-refractivity contribution in [1.82, 2.24) is 5.06 Å². The van der Waals surface area contributed by atoms with Crippen molar-refractivity contribution in [1.29, 1.82) is 0 Å². The summed E-state index contributed by atoms with van der Waals surface area (Å²) in [6.45, 7) is 7.68. The molecule has 0 aromatic rings. The van der Waals surface area contributed by atoms with Crippen LogP contribution in [0.1, 0.15) is 117 Å². The van der Waals surface area contributed by atoms with Crippen molar-refractivity contribution in [2.75, 3.05) is 13.3 Å². The molecule has 0 radical (unpaired) electrons. The molecular weight excluding hydrogens is 354 g/mol. The van der Waals surface area contributed by atoms with E-state index < -0.39 is 5.97 Å². The van der Waals surface area contributed by atoms with Crippen molar-refractivity contribution in [3.8, 4) is 0 Å². The van der Waals surface area contributed by atoms with Gasteiger partial charge in [-0.15, -0.1) is 0 Å². The Balaban J connectivity index is 2.15. The summed E-state index contributed by atoms with van der Waals surface area (Å²) in [4.78, 5) is 17.0. The number of carboxylic acid groups (broad SMARTS) is 1. The Bertz CT molecular complexity index is 400. The maximum atomic E-state index is 10.8. The highest BCUT2D eigenvalue weighted by atomic mass is 16.7. The zero-order chi connectivity index (χ0) is 20.7. The third-order valence-corrected chi connectivity index (χ3v) is 5.66. The van der Waals surface area contributed by atoms with Gasteiger partial charge in [0.15, 0.2) is 0 Å². The average molecular weight is 400 g/mol. The number of ether oxygens (including phenoxy) is 1. The van der Waals surface area contributed by atoms with E-state index in [0.717, 1.165) is 19.3 Å². The predicted molar refractivity (Wildman–Crippen MR) is 114 cm³/mol. The fourth-order valence-corrected chi connectivity index (χ4v) is 3.75. The summed E-state index contributed by atoms with van der Waals surface area (Å²) in [6, 6.07) is 0. The van der Waals surface area contributed by atoms with Gasteiger partial charge in [0.1, 0.15) is 6.73 Å². The van der Waals surface area contributed by atoms with Gasteiger partial charge >= 0.3 is 5.97 Å². The highest BCUT2D eigenvalue weighted by molar-refractivity contribution is 5.66. The van der Waals surface area contributed by atoms with Crippen molar-refractivity contribution in [2.24, 2.45) is 0 Å². The normalized spacial score (nSPS) is 17.8. The number of aliphatic carboxylic acids is 1. The van der Waals surface area contributed by atoms with Crippen molar-refractivity contribution >= 4 is 5.97 Å². The summed E-state index contributed by atoms with van der Waals surface area (Å²) in [5, 5.41) is 10.8. The lowest BCUT2D eigenvalue weighted by Gasteiger charge is -2.32. The molecule has 1 heterocycles. The fraction of sp³-hybridized carbons (Fsp3) is 0.957. The maximum absolute atomic E-state index is 10.8. The van der Waals surface area contributed by atoms with E-state index in [9.17, 15) is 4.79 Å². The van der Waals surface area contributed by atoms with Crippen LogP contribution in [0.4, 0.5) is 0 Å². The van der Waals surface area contributed by atoms with Crippen molar-refractivity contribution in [3.05, 3.63) is 0 Å². The SMILES string of the molecule is CCCCCCCCCCCCCC(CCCC(=O)O)ON1COCC1(C)C. The van der Waals surface area contributed by atoms with E-state index in [1.165, 1.54) is 64.2 Å². The first-order valence-corrected chi connectivity index (χ1v) is 11.7. The van der Waals surface area contributed by atoms with E-state index in [-0.39, 0.29) is 18.1 Å². The molecular formula is C23H45NO4. The van der Waals surface area contributed by atoms with E-state index in [4.69, 9.17) is 14.7 Å². The molecule has 0 saturated carbocycles. The van der Waals surface area contributed by atoms with Crippen LogP contribution in [0.2, 0.25) is 0 Å². The molecule has 0 aliphatic carbocycles. The van der Waals surface area contributed by atoms with Crippen molar-refractivity contribution < 1.29 is 19.5 Å². The molecule has 1 rings (SSSR count). The number of carboxylic acids is 1.